The first-order valence-corrected chi connectivity index (χ1v) is 8.44. The van der Waals surface area contributed by atoms with E-state index in [2.05, 4.69) is 34.3 Å². The van der Waals surface area contributed by atoms with E-state index >= 15 is 0 Å². The molecule has 0 bridgehead atoms. The largest absolute Gasteiger partial charge is 0.305 e. The van der Waals surface area contributed by atoms with Crippen molar-refractivity contribution >= 4 is 39.6 Å². The van der Waals surface area contributed by atoms with Crippen LogP contribution >= 0.6 is 22.9 Å². The lowest BCUT2D eigenvalue weighted by Gasteiger charge is -1.98. The van der Waals surface area contributed by atoms with Gasteiger partial charge in [0, 0.05) is 18.8 Å². The van der Waals surface area contributed by atoms with Gasteiger partial charge in [-0.25, -0.2) is 4.98 Å². The molecule has 3 rings (SSSR count). The van der Waals surface area contributed by atoms with E-state index in [1.807, 2.05) is 6.07 Å². The molecule has 1 amide bonds. The first kappa shape index (κ1) is 15.9. The van der Waals surface area contributed by atoms with Gasteiger partial charge in [-0.2, -0.15) is 0 Å². The molecular weight excluding hydrogens is 334 g/mol. The molecule has 6 nitrogen and oxygen atoms in total. The number of nitrogens with one attached hydrogen (secondary N) is 1. The first-order chi connectivity index (χ1) is 11.0. The van der Waals surface area contributed by atoms with E-state index < -0.39 is 0 Å². The Hall–Kier alpha value is -1.99. The zero-order valence-electron chi connectivity index (χ0n) is 12.8. The van der Waals surface area contributed by atoms with Gasteiger partial charge in [0.15, 0.2) is 0 Å². The van der Waals surface area contributed by atoms with Gasteiger partial charge in [0.05, 0.1) is 17.1 Å². The Kier molecular flexibility index (Phi) is 4.58. The zero-order valence-corrected chi connectivity index (χ0v) is 14.4. The van der Waals surface area contributed by atoms with E-state index in [-0.39, 0.29) is 12.3 Å². The standard InChI is InChI=1S/C15H16ClN5OS/c1-9(2)5-14-19-20-15(23-14)18-13(22)6-11-8-21-7-10(16)3-4-12(21)17-11/h3-4,7-9H,5-6H2,1-2H3,(H,18,20,22). The van der Waals surface area contributed by atoms with Crippen LogP contribution in [0.15, 0.2) is 24.5 Å². The van der Waals surface area contributed by atoms with Crippen molar-refractivity contribution in [3.05, 3.63) is 40.3 Å². The van der Waals surface area contributed by atoms with Crippen LogP contribution in [0.5, 0.6) is 0 Å². The molecule has 0 saturated carbocycles. The highest BCUT2D eigenvalue weighted by atomic mass is 35.5. The molecule has 23 heavy (non-hydrogen) atoms. The molecule has 0 aromatic carbocycles. The van der Waals surface area contributed by atoms with Crippen LogP contribution in [0.4, 0.5) is 5.13 Å². The summed E-state index contributed by atoms with van der Waals surface area (Å²) in [4.78, 5) is 16.5. The number of imidazole rings is 1. The third kappa shape index (κ3) is 4.05. The Morgan fingerprint density at radius 2 is 2.17 bits per heavy atom. The predicted molar refractivity (Wildman–Crippen MR) is 91.0 cm³/mol. The minimum Gasteiger partial charge on any atom is -0.305 e. The van der Waals surface area contributed by atoms with E-state index in [0.29, 0.717) is 21.8 Å². The van der Waals surface area contributed by atoms with E-state index in [1.165, 1.54) is 11.3 Å². The second kappa shape index (κ2) is 6.64. The number of pyridine rings is 1. The van der Waals surface area contributed by atoms with Crippen LogP contribution in [-0.2, 0) is 17.6 Å². The van der Waals surface area contributed by atoms with E-state index in [0.717, 1.165) is 17.1 Å². The molecule has 0 aliphatic heterocycles. The summed E-state index contributed by atoms with van der Waals surface area (Å²) in [5, 5.41) is 12.9. The summed E-state index contributed by atoms with van der Waals surface area (Å²) in [5.41, 5.74) is 1.43. The summed E-state index contributed by atoms with van der Waals surface area (Å²) in [7, 11) is 0. The molecule has 0 spiro atoms. The number of carbonyl (C=O) groups is 1. The van der Waals surface area contributed by atoms with Crippen molar-refractivity contribution in [2.45, 2.75) is 26.7 Å². The fourth-order valence-corrected chi connectivity index (χ4v) is 3.30. The highest BCUT2D eigenvalue weighted by molar-refractivity contribution is 7.15. The van der Waals surface area contributed by atoms with Crippen LogP contribution in [0, 0.1) is 5.92 Å². The van der Waals surface area contributed by atoms with Crippen LogP contribution in [0.25, 0.3) is 5.65 Å². The van der Waals surface area contributed by atoms with Crippen LogP contribution in [-0.4, -0.2) is 25.5 Å². The van der Waals surface area contributed by atoms with Crippen molar-refractivity contribution < 1.29 is 4.79 Å². The Morgan fingerprint density at radius 3 is 2.96 bits per heavy atom. The lowest BCUT2D eigenvalue weighted by Crippen LogP contribution is -2.14. The topological polar surface area (TPSA) is 72.2 Å². The van der Waals surface area contributed by atoms with Crippen molar-refractivity contribution in [3.63, 3.8) is 0 Å². The molecule has 3 heterocycles. The van der Waals surface area contributed by atoms with Gasteiger partial charge in [-0.15, -0.1) is 10.2 Å². The molecule has 0 atom stereocenters. The van der Waals surface area contributed by atoms with Gasteiger partial charge in [0.25, 0.3) is 0 Å². The third-order valence-electron chi connectivity index (χ3n) is 3.10. The molecule has 1 N–H and O–H groups in total. The van der Waals surface area contributed by atoms with Gasteiger partial charge in [-0.05, 0) is 18.1 Å². The van der Waals surface area contributed by atoms with Gasteiger partial charge in [-0.3, -0.25) is 4.79 Å². The van der Waals surface area contributed by atoms with Crippen molar-refractivity contribution in [2.24, 2.45) is 5.92 Å². The quantitative estimate of drug-likeness (QED) is 0.767. The molecule has 8 heteroatoms. The van der Waals surface area contributed by atoms with Crippen molar-refractivity contribution in [1.29, 1.82) is 0 Å². The number of anilines is 1. The molecule has 0 radical (unpaired) electrons. The van der Waals surface area contributed by atoms with Gasteiger partial charge in [0.2, 0.25) is 11.0 Å². The molecule has 0 saturated heterocycles. The van der Waals surface area contributed by atoms with Crippen molar-refractivity contribution in [2.75, 3.05) is 5.32 Å². The van der Waals surface area contributed by atoms with Gasteiger partial charge >= 0.3 is 0 Å². The summed E-state index contributed by atoms with van der Waals surface area (Å²) in [6.07, 6.45) is 4.60. The van der Waals surface area contributed by atoms with Crippen LogP contribution in [0.2, 0.25) is 5.02 Å². The minimum atomic E-state index is -0.160. The maximum Gasteiger partial charge on any atom is 0.232 e. The van der Waals surface area contributed by atoms with Gasteiger partial charge < -0.3 is 9.72 Å². The summed E-state index contributed by atoms with van der Waals surface area (Å²) in [6, 6.07) is 3.58. The number of hydrogen-bond donors (Lipinski definition) is 1. The second-order valence-electron chi connectivity index (χ2n) is 5.67. The summed E-state index contributed by atoms with van der Waals surface area (Å²) in [5.74, 6) is 0.350. The van der Waals surface area contributed by atoms with E-state index in [1.54, 1.807) is 22.9 Å². The molecule has 0 aliphatic rings. The number of amides is 1. The monoisotopic (exact) mass is 349 g/mol. The summed E-state index contributed by atoms with van der Waals surface area (Å²) in [6.45, 7) is 4.24. The van der Waals surface area contributed by atoms with Gasteiger partial charge in [0.1, 0.15) is 10.7 Å². The highest BCUT2D eigenvalue weighted by Crippen LogP contribution is 2.18. The fourth-order valence-electron chi connectivity index (χ4n) is 2.17. The maximum absolute atomic E-state index is 12.1. The van der Waals surface area contributed by atoms with Crippen molar-refractivity contribution in [1.82, 2.24) is 19.6 Å². The molecule has 3 aromatic heterocycles. The molecule has 0 fully saturated rings. The lowest BCUT2D eigenvalue weighted by molar-refractivity contribution is -0.115. The summed E-state index contributed by atoms with van der Waals surface area (Å²) < 4.78 is 1.80. The number of halogens is 1. The summed E-state index contributed by atoms with van der Waals surface area (Å²) >= 11 is 7.35. The Labute approximate surface area is 142 Å². The Morgan fingerprint density at radius 1 is 1.35 bits per heavy atom. The number of hydrogen-bond acceptors (Lipinski definition) is 5. The number of aromatic nitrogens is 4. The first-order valence-electron chi connectivity index (χ1n) is 7.25. The van der Waals surface area contributed by atoms with E-state index in [9.17, 15) is 4.79 Å². The molecule has 3 aromatic rings. The fraction of sp³-hybridized carbons (Fsp3) is 0.333. The van der Waals surface area contributed by atoms with E-state index in [4.69, 9.17) is 11.6 Å². The smallest absolute Gasteiger partial charge is 0.232 e. The molecule has 0 aliphatic carbocycles. The Balaban J connectivity index is 1.65. The van der Waals surface area contributed by atoms with Crippen LogP contribution in [0.3, 0.4) is 0 Å². The number of carbonyl (C=O) groups excluding carboxylic acids is 1. The third-order valence-corrected chi connectivity index (χ3v) is 4.19. The second-order valence-corrected chi connectivity index (χ2v) is 7.17. The van der Waals surface area contributed by atoms with Gasteiger partial charge in [-0.1, -0.05) is 36.8 Å². The normalized spacial score (nSPS) is 11.3. The minimum absolute atomic E-state index is 0.160. The molecule has 0 unspecified atom stereocenters. The predicted octanol–water partition coefficient (Wildman–Crippen LogP) is 3.22. The van der Waals surface area contributed by atoms with Crippen LogP contribution < -0.4 is 5.32 Å². The number of nitrogens with zero attached hydrogens (tertiary/aromatic N) is 4. The lowest BCUT2D eigenvalue weighted by atomic mass is 10.1. The highest BCUT2D eigenvalue weighted by Gasteiger charge is 2.12. The Bertz CT molecular complexity index is 841. The number of fused-ring (bicyclic) bond motifs is 1. The average Bonchev–Trinajstić information content (AvgIpc) is 3.03. The molecular formula is C15H16ClN5OS. The number of rotatable bonds is 5. The molecule has 120 valence electrons. The van der Waals surface area contributed by atoms with Crippen LogP contribution in [0.1, 0.15) is 24.5 Å². The zero-order chi connectivity index (χ0) is 16.4. The SMILES string of the molecule is CC(C)Cc1nnc(NC(=O)Cc2cn3cc(Cl)ccc3n2)s1. The maximum atomic E-state index is 12.1. The average molecular weight is 350 g/mol. The van der Waals surface area contributed by atoms with Crippen molar-refractivity contribution in [3.8, 4) is 0 Å².